The van der Waals surface area contributed by atoms with E-state index in [4.69, 9.17) is 5.73 Å². The first-order chi connectivity index (χ1) is 11.5. The Morgan fingerprint density at radius 3 is 2.75 bits per heavy atom. The van der Waals surface area contributed by atoms with E-state index in [9.17, 15) is 13.2 Å². The van der Waals surface area contributed by atoms with Crippen LogP contribution in [0.4, 0.5) is 19.0 Å². The number of fused-ring (bicyclic) bond motifs is 1. The van der Waals surface area contributed by atoms with Crippen molar-refractivity contribution in [3.63, 3.8) is 0 Å². The summed E-state index contributed by atoms with van der Waals surface area (Å²) in [7, 11) is 0. The number of nitrogens with zero attached hydrogens (tertiary/aromatic N) is 2. The summed E-state index contributed by atoms with van der Waals surface area (Å²) in [6, 6.07) is 9.37. The maximum atomic E-state index is 12.8. The predicted octanol–water partition coefficient (Wildman–Crippen LogP) is 4.21. The fourth-order valence-electron chi connectivity index (χ4n) is 2.46. The van der Waals surface area contributed by atoms with Gasteiger partial charge in [-0.2, -0.15) is 17.5 Å². The zero-order chi connectivity index (χ0) is 17.2. The predicted molar refractivity (Wildman–Crippen MR) is 88.9 cm³/mol. The molecule has 0 aliphatic rings. The number of halogens is 3. The summed E-state index contributed by atoms with van der Waals surface area (Å²) in [5.74, 6) is 0.153. The molecule has 1 atom stereocenters. The number of hydrogen-bond acceptors (Lipinski definition) is 5. The van der Waals surface area contributed by atoms with Gasteiger partial charge in [0.2, 0.25) is 0 Å². The number of anilines is 1. The van der Waals surface area contributed by atoms with E-state index >= 15 is 0 Å². The minimum atomic E-state index is -4.41. The van der Waals surface area contributed by atoms with E-state index in [1.165, 1.54) is 11.5 Å². The number of aromatic nitrogens is 2. The van der Waals surface area contributed by atoms with Crippen LogP contribution in [0.1, 0.15) is 23.7 Å². The van der Waals surface area contributed by atoms with Crippen LogP contribution in [0, 0.1) is 0 Å². The first-order valence-corrected chi connectivity index (χ1v) is 8.10. The van der Waals surface area contributed by atoms with Crippen molar-refractivity contribution in [1.29, 1.82) is 0 Å². The number of nitrogens with one attached hydrogen (secondary N) is 1. The number of rotatable bonds is 5. The molecular weight excluding hydrogens is 337 g/mol. The molecule has 0 amide bonds. The number of benzene rings is 1. The van der Waals surface area contributed by atoms with Gasteiger partial charge in [0.1, 0.15) is 5.82 Å². The summed E-state index contributed by atoms with van der Waals surface area (Å²) < 4.78 is 44.0. The molecule has 8 heteroatoms. The summed E-state index contributed by atoms with van der Waals surface area (Å²) in [6.45, 7) is 0.377. The molecule has 0 aliphatic carbocycles. The van der Waals surface area contributed by atoms with Crippen LogP contribution < -0.4 is 11.1 Å². The Morgan fingerprint density at radius 1 is 1.21 bits per heavy atom. The van der Waals surface area contributed by atoms with Gasteiger partial charge in [0.15, 0.2) is 0 Å². The fraction of sp³-hybridized carbons (Fsp3) is 0.250. The standard InChI is InChI=1S/C16H15F3N4S/c17-16(18,19)10-6-8-21-14(9-10)22-12(5-7-20)15-11-3-1-2-4-13(11)24-23-15/h1-4,6,8-9,12H,5,7,20H2,(H,21,22). The lowest BCUT2D eigenvalue weighted by atomic mass is 10.1. The van der Waals surface area contributed by atoms with Gasteiger partial charge in [0, 0.05) is 11.6 Å². The Bertz CT molecular complexity index is 831. The van der Waals surface area contributed by atoms with Crippen LogP contribution in [0.3, 0.4) is 0 Å². The summed E-state index contributed by atoms with van der Waals surface area (Å²) in [6.07, 6.45) is -2.73. The van der Waals surface area contributed by atoms with Gasteiger partial charge in [-0.25, -0.2) is 4.98 Å². The number of alkyl halides is 3. The van der Waals surface area contributed by atoms with E-state index in [0.717, 1.165) is 34.1 Å². The molecule has 0 aliphatic heterocycles. The van der Waals surface area contributed by atoms with Gasteiger partial charge in [-0.1, -0.05) is 18.2 Å². The van der Waals surface area contributed by atoms with E-state index in [2.05, 4.69) is 14.7 Å². The zero-order valence-corrected chi connectivity index (χ0v) is 13.4. The van der Waals surface area contributed by atoms with Gasteiger partial charge in [-0.3, -0.25) is 0 Å². The largest absolute Gasteiger partial charge is 0.416 e. The molecule has 24 heavy (non-hydrogen) atoms. The minimum Gasteiger partial charge on any atom is -0.362 e. The Morgan fingerprint density at radius 2 is 2.00 bits per heavy atom. The van der Waals surface area contributed by atoms with Crippen molar-refractivity contribution in [3.8, 4) is 0 Å². The first kappa shape index (κ1) is 16.7. The molecule has 1 unspecified atom stereocenters. The van der Waals surface area contributed by atoms with Crippen molar-refractivity contribution in [2.45, 2.75) is 18.6 Å². The molecule has 0 spiro atoms. The summed E-state index contributed by atoms with van der Waals surface area (Å²) in [5, 5.41) is 4.01. The van der Waals surface area contributed by atoms with E-state index in [1.54, 1.807) is 0 Å². The SMILES string of the molecule is NCCC(Nc1cc(C(F)(F)F)ccn1)c1nsc2ccccc12. The third kappa shape index (κ3) is 3.49. The summed E-state index contributed by atoms with van der Waals surface area (Å²) in [5.41, 5.74) is 5.70. The lowest BCUT2D eigenvalue weighted by molar-refractivity contribution is -0.137. The molecule has 3 aromatic rings. The number of nitrogens with two attached hydrogens (primary N) is 1. The van der Waals surface area contributed by atoms with Gasteiger partial charge in [-0.15, -0.1) is 0 Å². The Balaban J connectivity index is 1.92. The second kappa shape index (κ2) is 6.74. The molecule has 3 rings (SSSR count). The highest BCUT2D eigenvalue weighted by molar-refractivity contribution is 7.13. The molecule has 0 saturated carbocycles. The van der Waals surface area contributed by atoms with Gasteiger partial charge < -0.3 is 11.1 Å². The van der Waals surface area contributed by atoms with Crippen LogP contribution in [0.25, 0.3) is 10.1 Å². The van der Waals surface area contributed by atoms with Crippen LogP contribution in [0.2, 0.25) is 0 Å². The van der Waals surface area contributed by atoms with Crippen molar-refractivity contribution in [1.82, 2.24) is 9.36 Å². The molecular formula is C16H15F3N4S. The molecule has 3 N–H and O–H groups in total. The topological polar surface area (TPSA) is 63.8 Å². The van der Waals surface area contributed by atoms with E-state index < -0.39 is 11.7 Å². The van der Waals surface area contributed by atoms with Crippen molar-refractivity contribution in [2.75, 3.05) is 11.9 Å². The molecule has 126 valence electrons. The Kier molecular flexibility index (Phi) is 4.68. The lowest BCUT2D eigenvalue weighted by Crippen LogP contribution is -2.17. The normalized spacial score (nSPS) is 13.2. The smallest absolute Gasteiger partial charge is 0.362 e. The average molecular weight is 352 g/mol. The Labute approximate surface area is 140 Å². The molecule has 4 nitrogen and oxygen atoms in total. The average Bonchev–Trinajstić information content (AvgIpc) is 2.98. The maximum Gasteiger partial charge on any atom is 0.416 e. The quantitative estimate of drug-likeness (QED) is 0.722. The van der Waals surface area contributed by atoms with Gasteiger partial charge >= 0.3 is 6.18 Å². The highest BCUT2D eigenvalue weighted by Gasteiger charge is 2.31. The molecule has 0 radical (unpaired) electrons. The third-order valence-corrected chi connectivity index (χ3v) is 4.44. The molecule has 2 heterocycles. The number of hydrogen-bond donors (Lipinski definition) is 2. The van der Waals surface area contributed by atoms with E-state index in [-0.39, 0.29) is 11.9 Å². The highest BCUT2D eigenvalue weighted by atomic mass is 32.1. The van der Waals surface area contributed by atoms with Gasteiger partial charge in [0.05, 0.1) is 22.0 Å². The second-order valence-corrected chi connectivity index (χ2v) is 6.07. The van der Waals surface area contributed by atoms with Gasteiger partial charge in [0.25, 0.3) is 0 Å². The monoisotopic (exact) mass is 352 g/mol. The first-order valence-electron chi connectivity index (χ1n) is 7.33. The fourth-order valence-corrected chi connectivity index (χ4v) is 3.30. The van der Waals surface area contributed by atoms with Crippen LogP contribution in [-0.4, -0.2) is 15.9 Å². The van der Waals surface area contributed by atoms with Crippen LogP contribution in [0.15, 0.2) is 42.6 Å². The Hall–Kier alpha value is -2.19. The second-order valence-electron chi connectivity index (χ2n) is 5.27. The summed E-state index contributed by atoms with van der Waals surface area (Å²) in [4.78, 5) is 3.99. The van der Waals surface area contributed by atoms with E-state index in [0.29, 0.717) is 13.0 Å². The van der Waals surface area contributed by atoms with Crippen LogP contribution in [0.5, 0.6) is 0 Å². The molecule has 0 fully saturated rings. The maximum absolute atomic E-state index is 12.8. The summed E-state index contributed by atoms with van der Waals surface area (Å²) >= 11 is 1.35. The molecule has 1 aromatic carbocycles. The lowest BCUT2D eigenvalue weighted by Gasteiger charge is -2.18. The molecule has 2 aromatic heterocycles. The minimum absolute atomic E-state index is 0.153. The van der Waals surface area contributed by atoms with Crippen molar-refractivity contribution in [2.24, 2.45) is 5.73 Å². The molecule has 0 saturated heterocycles. The zero-order valence-electron chi connectivity index (χ0n) is 12.5. The van der Waals surface area contributed by atoms with Gasteiger partial charge in [-0.05, 0) is 42.7 Å². The van der Waals surface area contributed by atoms with E-state index in [1.807, 2.05) is 24.3 Å². The van der Waals surface area contributed by atoms with Crippen LogP contribution >= 0.6 is 11.5 Å². The highest BCUT2D eigenvalue weighted by Crippen LogP contribution is 2.33. The molecule has 0 bridgehead atoms. The van der Waals surface area contributed by atoms with Crippen molar-refractivity contribution in [3.05, 3.63) is 53.9 Å². The van der Waals surface area contributed by atoms with Crippen LogP contribution in [-0.2, 0) is 6.18 Å². The van der Waals surface area contributed by atoms with Crippen molar-refractivity contribution >= 4 is 27.4 Å². The number of pyridine rings is 1. The third-order valence-electron chi connectivity index (χ3n) is 3.60. The van der Waals surface area contributed by atoms with Crippen molar-refractivity contribution < 1.29 is 13.2 Å².